The van der Waals surface area contributed by atoms with E-state index in [2.05, 4.69) is 20.8 Å². The number of rotatable bonds is 1. The number of Topliss-reactive ketones (excluding diaryl/α,β-unsaturated/α-hetero) is 1. The molecule has 72 valence electrons. The van der Waals surface area contributed by atoms with Gasteiger partial charge in [-0.05, 0) is 5.41 Å². The first kappa shape index (κ1) is 11.7. The zero-order chi connectivity index (χ0) is 10.2. The molecule has 0 amide bonds. The van der Waals surface area contributed by atoms with Crippen LogP contribution in [0.5, 0.6) is 0 Å². The topological polar surface area (TPSA) is 17.1 Å². The van der Waals surface area contributed by atoms with Crippen LogP contribution in [0.4, 0.5) is 0 Å². The first-order valence-corrected chi connectivity index (χ1v) is 4.61. The van der Waals surface area contributed by atoms with Crippen molar-refractivity contribution in [2.45, 2.75) is 48.5 Å². The van der Waals surface area contributed by atoms with E-state index in [0.29, 0.717) is 5.78 Å². The standard InChI is InChI=1S/C11H22O/c1-8(10(2,3)4)9(12)11(5,6)7/h8H,1-7H3/t8-/m1/s1. The minimum atomic E-state index is -0.202. The minimum Gasteiger partial charge on any atom is -0.299 e. The zero-order valence-corrected chi connectivity index (χ0v) is 9.49. The van der Waals surface area contributed by atoms with Gasteiger partial charge in [0.15, 0.2) is 0 Å². The molecule has 0 heterocycles. The monoisotopic (exact) mass is 170 g/mol. The molecule has 1 heteroatoms. The molecule has 0 aromatic rings. The molecule has 0 radical (unpaired) electrons. The Morgan fingerprint density at radius 2 is 1.33 bits per heavy atom. The van der Waals surface area contributed by atoms with E-state index >= 15 is 0 Å². The number of hydrogen-bond acceptors (Lipinski definition) is 1. The van der Waals surface area contributed by atoms with Crippen molar-refractivity contribution in [2.24, 2.45) is 16.7 Å². The van der Waals surface area contributed by atoms with E-state index in [1.807, 2.05) is 27.7 Å². The fraction of sp³-hybridized carbons (Fsp3) is 0.909. The van der Waals surface area contributed by atoms with Gasteiger partial charge in [0.2, 0.25) is 0 Å². The molecular weight excluding hydrogens is 148 g/mol. The molecule has 0 fully saturated rings. The lowest BCUT2D eigenvalue weighted by Gasteiger charge is -2.31. The third-order valence-corrected chi connectivity index (χ3v) is 2.43. The second-order valence-electron chi connectivity index (χ2n) is 5.70. The predicted molar refractivity (Wildman–Crippen MR) is 53.1 cm³/mol. The highest BCUT2D eigenvalue weighted by atomic mass is 16.1. The molecule has 0 aliphatic heterocycles. The zero-order valence-electron chi connectivity index (χ0n) is 9.49. The van der Waals surface area contributed by atoms with Gasteiger partial charge in [-0.25, -0.2) is 0 Å². The molecule has 0 unspecified atom stereocenters. The lowest BCUT2D eigenvalue weighted by atomic mass is 9.72. The van der Waals surface area contributed by atoms with Gasteiger partial charge in [0, 0.05) is 11.3 Å². The van der Waals surface area contributed by atoms with Crippen molar-refractivity contribution < 1.29 is 4.79 Å². The Hall–Kier alpha value is -0.330. The summed E-state index contributed by atoms with van der Waals surface area (Å²) in [7, 11) is 0. The minimum absolute atomic E-state index is 0.0877. The molecule has 0 saturated heterocycles. The summed E-state index contributed by atoms with van der Waals surface area (Å²) in [5.74, 6) is 0.493. The molecule has 1 nitrogen and oxygen atoms in total. The largest absolute Gasteiger partial charge is 0.299 e. The van der Waals surface area contributed by atoms with Gasteiger partial charge in [0.25, 0.3) is 0 Å². The number of hydrogen-bond donors (Lipinski definition) is 0. The van der Waals surface area contributed by atoms with Crippen LogP contribution >= 0.6 is 0 Å². The van der Waals surface area contributed by atoms with Crippen molar-refractivity contribution in [1.82, 2.24) is 0 Å². The summed E-state index contributed by atoms with van der Waals surface area (Å²) in [5, 5.41) is 0. The maximum absolute atomic E-state index is 11.8. The van der Waals surface area contributed by atoms with Crippen LogP contribution in [0.25, 0.3) is 0 Å². The van der Waals surface area contributed by atoms with E-state index in [0.717, 1.165) is 0 Å². The Morgan fingerprint density at radius 3 is 1.42 bits per heavy atom. The van der Waals surface area contributed by atoms with E-state index in [-0.39, 0.29) is 16.7 Å². The van der Waals surface area contributed by atoms with Crippen LogP contribution in [0.15, 0.2) is 0 Å². The van der Waals surface area contributed by atoms with Gasteiger partial charge in [-0.2, -0.15) is 0 Å². The van der Waals surface area contributed by atoms with Crippen molar-refractivity contribution >= 4 is 5.78 Å². The Morgan fingerprint density at radius 1 is 1.00 bits per heavy atom. The summed E-state index contributed by atoms with van der Waals surface area (Å²) in [6.07, 6.45) is 0. The predicted octanol–water partition coefficient (Wildman–Crippen LogP) is 3.28. The lowest BCUT2D eigenvalue weighted by molar-refractivity contribution is -0.133. The van der Waals surface area contributed by atoms with E-state index in [1.165, 1.54) is 0 Å². The fourth-order valence-corrected chi connectivity index (χ4v) is 1.04. The highest BCUT2D eigenvalue weighted by Gasteiger charge is 2.33. The fourth-order valence-electron chi connectivity index (χ4n) is 1.04. The van der Waals surface area contributed by atoms with Crippen molar-refractivity contribution in [3.8, 4) is 0 Å². The van der Waals surface area contributed by atoms with E-state index in [9.17, 15) is 4.79 Å². The summed E-state index contributed by atoms with van der Waals surface area (Å²) in [6, 6.07) is 0. The van der Waals surface area contributed by atoms with Gasteiger partial charge in [0.1, 0.15) is 5.78 Å². The van der Waals surface area contributed by atoms with Gasteiger partial charge in [-0.3, -0.25) is 4.79 Å². The number of carbonyl (C=O) groups is 1. The first-order valence-electron chi connectivity index (χ1n) is 4.61. The van der Waals surface area contributed by atoms with Gasteiger partial charge in [0.05, 0.1) is 0 Å². The van der Waals surface area contributed by atoms with Crippen LogP contribution in [0.2, 0.25) is 0 Å². The van der Waals surface area contributed by atoms with E-state index in [1.54, 1.807) is 0 Å². The van der Waals surface area contributed by atoms with E-state index in [4.69, 9.17) is 0 Å². The normalized spacial score (nSPS) is 15.9. The van der Waals surface area contributed by atoms with Crippen molar-refractivity contribution in [3.05, 3.63) is 0 Å². The Bertz CT molecular complexity index is 166. The number of ketones is 1. The van der Waals surface area contributed by atoms with Crippen LogP contribution in [0.1, 0.15) is 48.5 Å². The van der Waals surface area contributed by atoms with Crippen LogP contribution in [-0.2, 0) is 4.79 Å². The summed E-state index contributed by atoms with van der Waals surface area (Å²) in [5.41, 5.74) is -0.114. The SMILES string of the molecule is C[C@H](C(=O)C(C)(C)C)C(C)(C)C. The molecule has 0 rings (SSSR count). The van der Waals surface area contributed by atoms with Crippen LogP contribution < -0.4 is 0 Å². The van der Waals surface area contributed by atoms with Crippen molar-refractivity contribution in [1.29, 1.82) is 0 Å². The molecule has 0 aromatic heterocycles. The first-order chi connectivity index (χ1) is 5.07. The van der Waals surface area contributed by atoms with Crippen molar-refractivity contribution in [3.63, 3.8) is 0 Å². The molecule has 0 N–H and O–H groups in total. The highest BCUT2D eigenvalue weighted by Crippen LogP contribution is 2.32. The molecule has 0 bridgehead atoms. The molecule has 0 aliphatic rings. The van der Waals surface area contributed by atoms with Gasteiger partial charge < -0.3 is 0 Å². The highest BCUT2D eigenvalue weighted by molar-refractivity contribution is 5.86. The average molecular weight is 170 g/mol. The van der Waals surface area contributed by atoms with Gasteiger partial charge in [-0.1, -0.05) is 48.5 Å². The third-order valence-electron chi connectivity index (χ3n) is 2.43. The van der Waals surface area contributed by atoms with Gasteiger partial charge in [-0.15, -0.1) is 0 Å². The van der Waals surface area contributed by atoms with Crippen LogP contribution in [0.3, 0.4) is 0 Å². The third kappa shape index (κ3) is 2.96. The maximum Gasteiger partial charge on any atom is 0.141 e. The summed E-state index contributed by atoms with van der Waals surface area (Å²) < 4.78 is 0. The molecule has 1 atom stereocenters. The average Bonchev–Trinajstić information content (AvgIpc) is 1.80. The molecule has 0 saturated carbocycles. The van der Waals surface area contributed by atoms with E-state index < -0.39 is 0 Å². The summed E-state index contributed by atoms with van der Waals surface area (Å²) in [4.78, 5) is 11.8. The van der Waals surface area contributed by atoms with Crippen LogP contribution in [-0.4, -0.2) is 5.78 Å². The summed E-state index contributed by atoms with van der Waals surface area (Å²) >= 11 is 0. The maximum atomic E-state index is 11.8. The molecule has 12 heavy (non-hydrogen) atoms. The van der Waals surface area contributed by atoms with Gasteiger partial charge >= 0.3 is 0 Å². The second-order valence-corrected chi connectivity index (χ2v) is 5.70. The molecule has 0 spiro atoms. The molecule has 0 aliphatic carbocycles. The Labute approximate surface area is 76.6 Å². The molecular formula is C11H22O. The smallest absolute Gasteiger partial charge is 0.141 e. The molecule has 0 aromatic carbocycles. The Kier molecular flexibility index (Phi) is 3.11. The Balaban J connectivity index is 4.53. The van der Waals surface area contributed by atoms with Crippen LogP contribution in [0, 0.1) is 16.7 Å². The van der Waals surface area contributed by atoms with Crippen molar-refractivity contribution in [2.75, 3.05) is 0 Å². The summed E-state index contributed by atoms with van der Waals surface area (Å²) in [6.45, 7) is 14.3. The lowest BCUT2D eigenvalue weighted by Crippen LogP contribution is -2.34. The second kappa shape index (κ2) is 3.20. The number of carbonyl (C=O) groups excluding carboxylic acids is 1. The quantitative estimate of drug-likeness (QED) is 0.590.